The smallest absolute Gasteiger partial charge is 0.303 e. The van der Waals surface area contributed by atoms with E-state index in [2.05, 4.69) is 6.92 Å². The van der Waals surface area contributed by atoms with Crippen molar-refractivity contribution in [3.05, 3.63) is 0 Å². The molecular weight excluding hydrogens is 904 g/mol. The molecule has 4 N–H and O–H groups in total. The molecule has 392 valence electrons. The molecule has 4 aliphatic rings. The maximum atomic E-state index is 12.8. The second-order valence-electron chi connectivity index (χ2n) is 18.0. The number of esters is 5. The number of rotatable bonds is 23. The van der Waals surface area contributed by atoms with Gasteiger partial charge in [0.15, 0.2) is 55.7 Å². The first-order valence-corrected chi connectivity index (χ1v) is 23.9. The van der Waals surface area contributed by atoms with Crippen LogP contribution in [0.25, 0.3) is 0 Å². The number of aliphatic hydroxyl groups is 4. The predicted molar refractivity (Wildman–Crippen MR) is 232 cm³/mol. The van der Waals surface area contributed by atoms with E-state index in [1.807, 2.05) is 0 Å². The molecule has 0 aromatic rings. The van der Waals surface area contributed by atoms with E-state index in [1.54, 1.807) is 6.92 Å². The number of hydrogen-bond donors (Lipinski definition) is 4. The molecule has 4 aliphatic heterocycles. The zero-order valence-corrected chi connectivity index (χ0v) is 41.0. The topological polar surface area (TPSA) is 286 Å². The highest BCUT2D eigenvalue weighted by molar-refractivity contribution is 5.68. The van der Waals surface area contributed by atoms with Crippen molar-refractivity contribution in [3.63, 3.8) is 0 Å². The quantitative estimate of drug-likeness (QED) is 0.0648. The summed E-state index contributed by atoms with van der Waals surface area (Å²) in [4.78, 5) is 61.8. The van der Waals surface area contributed by atoms with E-state index in [1.165, 1.54) is 59.3 Å². The SMILES string of the molecule is CCCCCCCCCCCCOC1OC(C)C(OC2OC(C)C(OC(C)=O)C(OC3OC(C)C(OC(C)=O)C(OC4OC(C)C(OC(C)=O)C(OC(C)=O)C4O)C3OC(C)=O)C2O)C(O)C1O. The molecule has 22 nitrogen and oxygen atoms in total. The first-order chi connectivity index (χ1) is 32.1. The first kappa shape index (κ1) is 57.4. The van der Waals surface area contributed by atoms with Crippen LogP contribution < -0.4 is 0 Å². The van der Waals surface area contributed by atoms with E-state index in [-0.39, 0.29) is 0 Å². The van der Waals surface area contributed by atoms with Crippen LogP contribution in [0.15, 0.2) is 0 Å². The van der Waals surface area contributed by atoms with Gasteiger partial charge in [-0.3, -0.25) is 24.0 Å². The summed E-state index contributed by atoms with van der Waals surface area (Å²) in [6.45, 7) is 14.0. The molecule has 68 heavy (non-hydrogen) atoms. The molecule has 0 spiro atoms. The first-order valence-electron chi connectivity index (χ1n) is 23.9. The molecular formula is C46H76O22. The second kappa shape index (κ2) is 27.5. The summed E-state index contributed by atoms with van der Waals surface area (Å²) in [5, 5.41) is 45.9. The molecule has 0 bridgehead atoms. The average molecular weight is 981 g/mol. The normalized spacial score (nSPS) is 38.5. The molecule has 4 rings (SSSR count). The van der Waals surface area contributed by atoms with Crippen LogP contribution in [0.1, 0.15) is 133 Å². The Balaban J connectivity index is 1.53. The molecule has 0 aromatic carbocycles. The Kier molecular flexibility index (Phi) is 23.2. The standard InChI is InChI=1S/C46H76O22/c1-11-12-13-14-15-16-17-18-19-20-21-56-43-32(53)31(52)35(22(2)57-43)66-44-34(55)40(37(24(4)58-44)62-27(7)48)67-46-42(65-30(10)51)41(38(25(5)60-46)63-28(8)49)68-45-33(54)39(64-29(9)50)36(23(3)59-45)61-26(6)47/h22-25,31-46,52-55H,11-21H2,1-10H3. The highest BCUT2D eigenvalue weighted by Crippen LogP contribution is 2.38. The van der Waals surface area contributed by atoms with Crippen LogP contribution in [0, 0.1) is 0 Å². The molecule has 0 radical (unpaired) electrons. The molecule has 22 heteroatoms. The van der Waals surface area contributed by atoms with Crippen LogP contribution in [-0.2, 0) is 85.6 Å². The maximum Gasteiger partial charge on any atom is 0.303 e. The van der Waals surface area contributed by atoms with Gasteiger partial charge in [-0.25, -0.2) is 0 Å². The van der Waals surface area contributed by atoms with Crippen LogP contribution in [0.2, 0.25) is 0 Å². The number of carbonyl (C=O) groups excluding carboxylic acids is 5. The summed E-state index contributed by atoms with van der Waals surface area (Å²) < 4.78 is 76.2. The third kappa shape index (κ3) is 16.2. The van der Waals surface area contributed by atoms with Crippen molar-refractivity contribution in [1.82, 2.24) is 0 Å². The fourth-order valence-electron chi connectivity index (χ4n) is 8.89. The molecule has 20 unspecified atom stereocenters. The molecule has 20 atom stereocenters. The Morgan fingerprint density at radius 3 is 1.19 bits per heavy atom. The van der Waals surface area contributed by atoms with E-state index >= 15 is 0 Å². The Hall–Kier alpha value is -3.13. The lowest BCUT2D eigenvalue weighted by Crippen LogP contribution is -2.67. The van der Waals surface area contributed by atoms with Crippen molar-refractivity contribution in [2.24, 2.45) is 0 Å². The third-order valence-electron chi connectivity index (χ3n) is 12.2. The van der Waals surface area contributed by atoms with Gasteiger partial charge in [-0.05, 0) is 34.1 Å². The lowest BCUT2D eigenvalue weighted by atomic mass is 9.95. The van der Waals surface area contributed by atoms with Crippen molar-refractivity contribution in [3.8, 4) is 0 Å². The highest BCUT2D eigenvalue weighted by Gasteiger charge is 2.58. The summed E-state index contributed by atoms with van der Waals surface area (Å²) in [5.74, 6) is -4.10. The van der Waals surface area contributed by atoms with Crippen LogP contribution in [0.3, 0.4) is 0 Å². The fraction of sp³-hybridized carbons (Fsp3) is 0.891. The number of ether oxygens (including phenoxy) is 13. The molecule has 0 aliphatic carbocycles. The van der Waals surface area contributed by atoms with E-state index in [4.69, 9.17) is 61.6 Å². The van der Waals surface area contributed by atoms with Crippen molar-refractivity contribution >= 4 is 29.8 Å². The summed E-state index contributed by atoms with van der Waals surface area (Å²) in [7, 11) is 0. The van der Waals surface area contributed by atoms with Crippen LogP contribution in [-0.4, -0.2) is 180 Å². The predicted octanol–water partition coefficient (Wildman–Crippen LogP) is 2.16. The summed E-state index contributed by atoms with van der Waals surface area (Å²) in [6, 6.07) is 0. The van der Waals surface area contributed by atoms with Gasteiger partial charge >= 0.3 is 29.8 Å². The largest absolute Gasteiger partial charge is 0.457 e. The van der Waals surface area contributed by atoms with Crippen molar-refractivity contribution in [1.29, 1.82) is 0 Å². The second-order valence-corrected chi connectivity index (χ2v) is 18.0. The fourth-order valence-corrected chi connectivity index (χ4v) is 8.89. The van der Waals surface area contributed by atoms with Gasteiger partial charge in [-0.15, -0.1) is 0 Å². The Morgan fingerprint density at radius 1 is 0.368 bits per heavy atom. The molecule has 0 aromatic heterocycles. The summed E-state index contributed by atoms with van der Waals surface area (Å²) in [5.41, 5.74) is 0. The van der Waals surface area contributed by atoms with Gasteiger partial charge in [-0.1, -0.05) is 64.7 Å². The zero-order valence-electron chi connectivity index (χ0n) is 41.0. The highest BCUT2D eigenvalue weighted by atomic mass is 16.8. The summed E-state index contributed by atoms with van der Waals surface area (Å²) in [6.07, 6.45) is -17.7. The number of hydrogen-bond acceptors (Lipinski definition) is 22. The minimum absolute atomic E-state index is 0.296. The van der Waals surface area contributed by atoms with E-state index in [9.17, 15) is 44.4 Å². The van der Waals surface area contributed by atoms with Gasteiger partial charge < -0.3 is 82.0 Å². The Bertz CT molecular complexity index is 1600. The van der Waals surface area contributed by atoms with E-state index in [0.29, 0.717) is 6.61 Å². The average Bonchev–Trinajstić information content (AvgIpc) is 3.25. The molecule has 4 saturated heterocycles. The molecule has 0 saturated carbocycles. The van der Waals surface area contributed by atoms with E-state index in [0.717, 1.165) is 60.3 Å². The third-order valence-corrected chi connectivity index (χ3v) is 12.2. The van der Waals surface area contributed by atoms with Gasteiger partial charge in [0, 0.05) is 41.2 Å². The molecule has 4 heterocycles. The lowest BCUT2D eigenvalue weighted by molar-refractivity contribution is -0.385. The van der Waals surface area contributed by atoms with Crippen molar-refractivity contribution in [2.75, 3.05) is 6.61 Å². The van der Waals surface area contributed by atoms with Gasteiger partial charge in [0.05, 0.1) is 24.4 Å². The maximum absolute atomic E-state index is 12.8. The number of unbranched alkanes of at least 4 members (excludes halogenated alkanes) is 9. The zero-order chi connectivity index (χ0) is 50.4. The Morgan fingerprint density at radius 2 is 0.706 bits per heavy atom. The van der Waals surface area contributed by atoms with Crippen molar-refractivity contribution < 1.29 is 106 Å². The van der Waals surface area contributed by atoms with Crippen LogP contribution in [0.4, 0.5) is 0 Å². The van der Waals surface area contributed by atoms with Gasteiger partial charge in [-0.2, -0.15) is 0 Å². The van der Waals surface area contributed by atoms with Crippen LogP contribution >= 0.6 is 0 Å². The minimum Gasteiger partial charge on any atom is -0.457 e. The molecule has 0 amide bonds. The Labute approximate surface area is 398 Å². The van der Waals surface area contributed by atoms with Gasteiger partial charge in [0.2, 0.25) is 0 Å². The van der Waals surface area contributed by atoms with Gasteiger partial charge in [0.1, 0.15) is 42.7 Å². The van der Waals surface area contributed by atoms with Crippen molar-refractivity contribution in [2.45, 2.75) is 256 Å². The monoisotopic (exact) mass is 980 g/mol. The number of aliphatic hydroxyl groups excluding tert-OH is 4. The van der Waals surface area contributed by atoms with E-state index < -0.39 is 153 Å². The lowest BCUT2D eigenvalue weighted by Gasteiger charge is -2.50. The molecule has 4 fully saturated rings. The van der Waals surface area contributed by atoms with Gasteiger partial charge in [0.25, 0.3) is 0 Å². The summed E-state index contributed by atoms with van der Waals surface area (Å²) >= 11 is 0. The number of carbonyl (C=O) groups is 5. The minimum atomic E-state index is -1.85. The van der Waals surface area contributed by atoms with Crippen LogP contribution in [0.5, 0.6) is 0 Å².